The van der Waals surface area contributed by atoms with Gasteiger partial charge in [-0.15, -0.1) is 0 Å². The molecular weight excluding hydrogens is 396 g/mol. The van der Waals surface area contributed by atoms with Crippen molar-refractivity contribution < 1.29 is 15.3 Å². The summed E-state index contributed by atoms with van der Waals surface area (Å²) >= 11 is 0. The van der Waals surface area contributed by atoms with Crippen molar-refractivity contribution >= 4 is 6.08 Å². The highest BCUT2D eigenvalue weighted by Gasteiger charge is 2.26. The van der Waals surface area contributed by atoms with Gasteiger partial charge in [-0.05, 0) is 77.5 Å². The van der Waals surface area contributed by atoms with Crippen molar-refractivity contribution in [1.29, 1.82) is 0 Å². The third kappa shape index (κ3) is 6.31. The minimum absolute atomic E-state index is 0.0633. The van der Waals surface area contributed by atoms with E-state index in [1.54, 1.807) is 0 Å². The summed E-state index contributed by atoms with van der Waals surface area (Å²) < 4.78 is 0. The zero-order valence-electron chi connectivity index (χ0n) is 20.8. The molecule has 0 spiro atoms. The number of rotatable bonds is 10. The van der Waals surface area contributed by atoms with Gasteiger partial charge in [0.25, 0.3) is 0 Å². The Kier molecular flexibility index (Phi) is 9.27. The Morgan fingerprint density at radius 2 is 1.50 bits per heavy atom. The molecule has 3 nitrogen and oxygen atoms in total. The Morgan fingerprint density at radius 1 is 0.875 bits per heavy atom. The van der Waals surface area contributed by atoms with Gasteiger partial charge in [0, 0.05) is 5.41 Å². The van der Waals surface area contributed by atoms with Gasteiger partial charge in [0.1, 0.15) is 0 Å². The van der Waals surface area contributed by atoms with E-state index in [9.17, 15) is 15.3 Å². The number of aryl methyl sites for hydroxylation is 2. The first-order valence-electron chi connectivity index (χ1n) is 11.9. The van der Waals surface area contributed by atoms with Crippen LogP contribution in [0.3, 0.4) is 0 Å². The van der Waals surface area contributed by atoms with Gasteiger partial charge >= 0.3 is 0 Å². The normalized spacial score (nSPS) is 13.7. The minimum atomic E-state index is -0.309. The summed E-state index contributed by atoms with van der Waals surface area (Å²) in [6.07, 6.45) is 7.75. The fourth-order valence-electron chi connectivity index (χ4n) is 4.31. The molecule has 0 amide bonds. The molecule has 1 unspecified atom stereocenters. The smallest absolute Gasteiger partial charge is 0.0685 e. The van der Waals surface area contributed by atoms with Crippen LogP contribution in [0.25, 0.3) is 6.08 Å². The number of aliphatic hydroxyl groups is 3. The van der Waals surface area contributed by atoms with Crippen LogP contribution in [0.5, 0.6) is 0 Å². The lowest BCUT2D eigenvalue weighted by Crippen LogP contribution is -2.26. The number of aliphatic hydroxyl groups excluding tert-OH is 3. The van der Waals surface area contributed by atoms with Gasteiger partial charge in [0.05, 0.1) is 19.3 Å². The topological polar surface area (TPSA) is 60.7 Å². The van der Waals surface area contributed by atoms with Gasteiger partial charge in [-0.25, -0.2) is 0 Å². The molecule has 2 aromatic rings. The Hall–Kier alpha value is -1.94. The second-order valence-electron chi connectivity index (χ2n) is 10.1. The fourth-order valence-corrected chi connectivity index (χ4v) is 4.31. The maximum atomic E-state index is 10.4. The van der Waals surface area contributed by atoms with E-state index in [1.807, 2.05) is 18.2 Å². The standard InChI is InChI=1S/C29H42O3/c1-7-29(8-2,16-15-22-9-10-24(19-30)25(18-22)20-31)26-13-11-23(21(3)17-26)12-14-27(32)28(4,5)6/h9-11,13,15-18,27,30-32H,7-8,12,14,19-20H2,1-6H3/b16-15+. The number of hydrogen-bond acceptors (Lipinski definition) is 3. The summed E-state index contributed by atoms with van der Waals surface area (Å²) in [6, 6.07) is 12.6. The average molecular weight is 439 g/mol. The molecule has 0 fully saturated rings. The molecular formula is C29H42O3. The molecule has 0 aliphatic carbocycles. The van der Waals surface area contributed by atoms with E-state index in [1.165, 1.54) is 16.7 Å². The van der Waals surface area contributed by atoms with E-state index >= 15 is 0 Å². The summed E-state index contributed by atoms with van der Waals surface area (Å²) in [5, 5.41) is 29.4. The summed E-state index contributed by atoms with van der Waals surface area (Å²) in [5.41, 5.74) is 6.29. The summed E-state index contributed by atoms with van der Waals surface area (Å²) in [5.74, 6) is 0. The van der Waals surface area contributed by atoms with Crippen molar-refractivity contribution in [3.8, 4) is 0 Å². The predicted molar refractivity (Wildman–Crippen MR) is 135 cm³/mol. The summed E-state index contributed by atoms with van der Waals surface area (Å²) in [7, 11) is 0. The Balaban J connectivity index is 2.29. The van der Waals surface area contributed by atoms with Crippen LogP contribution in [-0.4, -0.2) is 21.4 Å². The average Bonchev–Trinajstić information content (AvgIpc) is 2.78. The van der Waals surface area contributed by atoms with E-state index in [0.717, 1.165) is 42.4 Å². The highest BCUT2D eigenvalue weighted by atomic mass is 16.3. The quantitative estimate of drug-likeness (QED) is 0.421. The van der Waals surface area contributed by atoms with Gasteiger partial charge in [-0.1, -0.05) is 77.1 Å². The molecule has 0 heterocycles. The highest BCUT2D eigenvalue weighted by molar-refractivity contribution is 5.55. The number of hydrogen-bond donors (Lipinski definition) is 3. The van der Waals surface area contributed by atoms with Crippen molar-refractivity contribution in [2.45, 2.75) is 92.0 Å². The lowest BCUT2D eigenvalue weighted by Gasteiger charge is -2.30. The SMILES string of the molecule is CCC(/C=C/c1ccc(CO)c(CO)c1)(CC)c1ccc(CCC(O)C(C)(C)C)c(C)c1. The van der Waals surface area contributed by atoms with E-state index in [0.29, 0.717) is 0 Å². The Bertz CT molecular complexity index is 901. The van der Waals surface area contributed by atoms with Gasteiger partial charge < -0.3 is 15.3 Å². The largest absolute Gasteiger partial charge is 0.393 e. The third-order valence-corrected chi connectivity index (χ3v) is 7.03. The van der Waals surface area contributed by atoms with E-state index in [4.69, 9.17) is 0 Å². The lowest BCUT2D eigenvalue weighted by molar-refractivity contribution is 0.0560. The van der Waals surface area contributed by atoms with Gasteiger partial charge in [0.15, 0.2) is 0 Å². The molecule has 3 heteroatoms. The van der Waals surface area contributed by atoms with Crippen molar-refractivity contribution in [2.75, 3.05) is 0 Å². The first-order chi connectivity index (χ1) is 15.1. The monoisotopic (exact) mass is 438 g/mol. The van der Waals surface area contributed by atoms with E-state index in [-0.39, 0.29) is 30.1 Å². The van der Waals surface area contributed by atoms with E-state index in [2.05, 4.69) is 71.9 Å². The minimum Gasteiger partial charge on any atom is -0.393 e. The maximum absolute atomic E-state index is 10.4. The van der Waals surface area contributed by atoms with Crippen LogP contribution >= 0.6 is 0 Å². The van der Waals surface area contributed by atoms with Crippen LogP contribution in [0.2, 0.25) is 0 Å². The Morgan fingerprint density at radius 3 is 2.03 bits per heavy atom. The van der Waals surface area contributed by atoms with Crippen molar-refractivity contribution in [2.24, 2.45) is 5.41 Å². The van der Waals surface area contributed by atoms with Crippen molar-refractivity contribution in [3.05, 3.63) is 75.9 Å². The molecule has 0 radical (unpaired) electrons. The van der Waals surface area contributed by atoms with Crippen LogP contribution in [-0.2, 0) is 25.0 Å². The second kappa shape index (κ2) is 11.3. The highest BCUT2D eigenvalue weighted by Crippen LogP contribution is 2.35. The zero-order valence-corrected chi connectivity index (χ0v) is 20.8. The lowest BCUT2D eigenvalue weighted by atomic mass is 9.74. The molecule has 3 N–H and O–H groups in total. The van der Waals surface area contributed by atoms with Crippen LogP contribution in [0.15, 0.2) is 42.5 Å². The summed E-state index contributed by atoms with van der Waals surface area (Å²) in [4.78, 5) is 0. The molecule has 2 rings (SSSR count). The van der Waals surface area contributed by atoms with Crippen LogP contribution in [0.4, 0.5) is 0 Å². The van der Waals surface area contributed by atoms with Gasteiger partial charge in [-0.3, -0.25) is 0 Å². The fraction of sp³-hybridized carbons (Fsp3) is 0.517. The molecule has 0 aliphatic rings. The Labute approximate surface area is 194 Å². The van der Waals surface area contributed by atoms with Crippen molar-refractivity contribution in [1.82, 2.24) is 0 Å². The molecule has 0 saturated heterocycles. The number of allylic oxidation sites excluding steroid dienone is 1. The number of benzene rings is 2. The first kappa shape index (κ1) is 26.3. The van der Waals surface area contributed by atoms with Crippen LogP contribution in [0, 0.1) is 12.3 Å². The molecule has 0 saturated carbocycles. The molecule has 0 bridgehead atoms. The van der Waals surface area contributed by atoms with Gasteiger partial charge in [-0.2, -0.15) is 0 Å². The predicted octanol–water partition coefficient (Wildman–Crippen LogP) is 6.09. The molecule has 1 atom stereocenters. The van der Waals surface area contributed by atoms with Crippen LogP contribution in [0.1, 0.15) is 87.3 Å². The molecule has 0 aromatic heterocycles. The first-order valence-corrected chi connectivity index (χ1v) is 11.9. The molecule has 32 heavy (non-hydrogen) atoms. The molecule has 2 aromatic carbocycles. The summed E-state index contributed by atoms with van der Waals surface area (Å²) in [6.45, 7) is 12.7. The van der Waals surface area contributed by atoms with E-state index < -0.39 is 0 Å². The van der Waals surface area contributed by atoms with Gasteiger partial charge in [0.2, 0.25) is 0 Å². The molecule has 176 valence electrons. The van der Waals surface area contributed by atoms with Crippen molar-refractivity contribution in [3.63, 3.8) is 0 Å². The zero-order chi connectivity index (χ0) is 23.9. The maximum Gasteiger partial charge on any atom is 0.0685 e. The third-order valence-electron chi connectivity index (χ3n) is 7.03. The molecule has 0 aliphatic heterocycles. The van der Waals surface area contributed by atoms with Crippen LogP contribution < -0.4 is 0 Å². The second-order valence-corrected chi connectivity index (χ2v) is 10.1.